The van der Waals surface area contributed by atoms with Gasteiger partial charge in [0, 0.05) is 17.7 Å². The van der Waals surface area contributed by atoms with Gasteiger partial charge in [0.2, 0.25) is 0 Å². The van der Waals surface area contributed by atoms with Crippen molar-refractivity contribution in [3.63, 3.8) is 0 Å². The Morgan fingerprint density at radius 2 is 2.04 bits per heavy atom. The Morgan fingerprint density at radius 1 is 1.27 bits per heavy atom. The van der Waals surface area contributed by atoms with Gasteiger partial charge in [-0.1, -0.05) is 31.0 Å². The third-order valence-electron chi connectivity index (χ3n) is 4.26. The van der Waals surface area contributed by atoms with Crippen LogP contribution >= 0.6 is 0 Å². The number of nitrogens with zero attached hydrogens (tertiary/aromatic N) is 2. The maximum absolute atomic E-state index is 13.5. The van der Waals surface area contributed by atoms with Crippen LogP contribution in [0.3, 0.4) is 0 Å². The Labute approximate surface area is 150 Å². The highest BCUT2D eigenvalue weighted by Gasteiger charge is 2.20. The molecule has 1 N–H and O–H groups in total. The van der Waals surface area contributed by atoms with Gasteiger partial charge in [-0.2, -0.15) is 5.10 Å². The fourth-order valence-corrected chi connectivity index (χ4v) is 2.98. The average Bonchev–Trinajstić information content (AvgIpc) is 3.30. The second kappa shape index (κ2) is 8.42. The fourth-order valence-electron chi connectivity index (χ4n) is 2.98. The number of carbonyl (C=O) groups is 2. The van der Waals surface area contributed by atoms with Crippen LogP contribution in [0.2, 0.25) is 0 Å². The first-order valence-electron chi connectivity index (χ1n) is 8.56. The molecular formula is C19H20FN3O3. The molecule has 136 valence electrons. The van der Waals surface area contributed by atoms with Gasteiger partial charge in [-0.05, 0) is 25.0 Å². The Balaban J connectivity index is 1.49. The molecular weight excluding hydrogens is 337 g/mol. The quantitative estimate of drug-likeness (QED) is 0.636. The van der Waals surface area contributed by atoms with Gasteiger partial charge in [-0.15, -0.1) is 0 Å². The Morgan fingerprint density at radius 3 is 2.81 bits per heavy atom. The number of amides is 1. The molecule has 0 bridgehead atoms. The van der Waals surface area contributed by atoms with Gasteiger partial charge in [-0.3, -0.25) is 4.79 Å². The number of nitrogens with one attached hydrogen (secondary N) is 1. The molecule has 1 aromatic carbocycles. The predicted octanol–water partition coefficient (Wildman–Crippen LogP) is 3.33. The molecule has 2 aromatic rings. The van der Waals surface area contributed by atoms with Crippen LogP contribution in [0.25, 0.3) is 6.08 Å². The molecule has 0 aliphatic heterocycles. The van der Waals surface area contributed by atoms with Crippen molar-refractivity contribution in [2.24, 2.45) is 0 Å². The molecule has 0 spiro atoms. The smallest absolute Gasteiger partial charge is 0.331 e. The number of hydrogen-bond donors (Lipinski definition) is 1. The summed E-state index contributed by atoms with van der Waals surface area (Å²) < 4.78 is 20.2. The molecule has 0 saturated heterocycles. The second-order valence-electron chi connectivity index (χ2n) is 6.11. The van der Waals surface area contributed by atoms with E-state index in [0.29, 0.717) is 11.9 Å². The van der Waals surface area contributed by atoms with Crippen LogP contribution < -0.4 is 5.32 Å². The number of benzene rings is 1. The number of halogens is 1. The van der Waals surface area contributed by atoms with E-state index in [-0.39, 0.29) is 5.56 Å². The third-order valence-corrected chi connectivity index (χ3v) is 4.26. The van der Waals surface area contributed by atoms with Gasteiger partial charge in [-0.25, -0.2) is 13.9 Å². The molecule has 1 amide bonds. The van der Waals surface area contributed by atoms with Gasteiger partial charge in [0.1, 0.15) is 11.6 Å². The number of ether oxygens (including phenoxy) is 1. The number of anilines is 1. The third kappa shape index (κ3) is 4.56. The summed E-state index contributed by atoms with van der Waals surface area (Å²) in [7, 11) is 0. The molecule has 3 rings (SSSR count). The van der Waals surface area contributed by atoms with Gasteiger partial charge in [0.05, 0.1) is 12.2 Å². The Hall–Kier alpha value is -2.96. The van der Waals surface area contributed by atoms with Crippen molar-refractivity contribution < 1.29 is 18.7 Å². The van der Waals surface area contributed by atoms with E-state index in [1.54, 1.807) is 24.4 Å². The van der Waals surface area contributed by atoms with Crippen LogP contribution in [0.1, 0.15) is 37.3 Å². The van der Waals surface area contributed by atoms with Crippen molar-refractivity contribution in [3.05, 3.63) is 54.0 Å². The molecule has 1 fully saturated rings. The molecule has 0 atom stereocenters. The highest BCUT2D eigenvalue weighted by atomic mass is 19.1. The number of carbonyl (C=O) groups excluding carboxylic acids is 2. The fraction of sp³-hybridized carbons (Fsp3) is 0.316. The summed E-state index contributed by atoms with van der Waals surface area (Å²) in [5.41, 5.74) is 0.273. The molecule has 1 aliphatic carbocycles. The molecule has 1 aromatic heterocycles. The summed E-state index contributed by atoms with van der Waals surface area (Å²) in [6.45, 7) is -0.420. The first-order chi connectivity index (χ1) is 12.6. The van der Waals surface area contributed by atoms with Crippen LogP contribution in [0, 0.1) is 5.82 Å². The second-order valence-corrected chi connectivity index (χ2v) is 6.11. The zero-order chi connectivity index (χ0) is 18.4. The summed E-state index contributed by atoms with van der Waals surface area (Å²) in [5, 5.41) is 6.97. The summed E-state index contributed by atoms with van der Waals surface area (Å²) in [5.74, 6) is -1.00. The van der Waals surface area contributed by atoms with Crippen molar-refractivity contribution >= 4 is 23.8 Å². The SMILES string of the molecule is O=C(COC(=O)/C=C/c1ccccc1F)Nc1ccnn1C1CCCC1. The van der Waals surface area contributed by atoms with E-state index >= 15 is 0 Å². The lowest BCUT2D eigenvalue weighted by molar-refractivity contribution is -0.142. The number of esters is 1. The molecule has 1 saturated carbocycles. The Bertz CT molecular complexity index is 810. The number of rotatable bonds is 6. The highest BCUT2D eigenvalue weighted by Crippen LogP contribution is 2.31. The van der Waals surface area contributed by atoms with Crippen molar-refractivity contribution in [1.29, 1.82) is 0 Å². The van der Waals surface area contributed by atoms with E-state index < -0.39 is 24.3 Å². The highest BCUT2D eigenvalue weighted by molar-refractivity contribution is 5.94. The van der Waals surface area contributed by atoms with Crippen molar-refractivity contribution in [2.45, 2.75) is 31.7 Å². The molecule has 1 heterocycles. The monoisotopic (exact) mass is 357 g/mol. The largest absolute Gasteiger partial charge is 0.452 e. The van der Waals surface area contributed by atoms with Crippen LogP contribution in [-0.4, -0.2) is 28.3 Å². The van der Waals surface area contributed by atoms with E-state index in [0.717, 1.165) is 31.8 Å². The normalized spacial score (nSPS) is 14.7. The first kappa shape index (κ1) is 17.8. The van der Waals surface area contributed by atoms with Gasteiger partial charge in [0.25, 0.3) is 5.91 Å². The molecule has 1 aliphatic rings. The molecule has 0 radical (unpaired) electrons. The van der Waals surface area contributed by atoms with Gasteiger partial charge >= 0.3 is 5.97 Å². The van der Waals surface area contributed by atoms with Crippen molar-refractivity contribution in [1.82, 2.24) is 9.78 Å². The lowest BCUT2D eigenvalue weighted by Crippen LogP contribution is -2.22. The molecule has 26 heavy (non-hydrogen) atoms. The van der Waals surface area contributed by atoms with Crippen LogP contribution in [-0.2, 0) is 14.3 Å². The minimum absolute atomic E-state index is 0.273. The minimum atomic E-state index is -0.715. The van der Waals surface area contributed by atoms with E-state index in [2.05, 4.69) is 10.4 Å². The summed E-state index contributed by atoms with van der Waals surface area (Å²) in [6, 6.07) is 8.07. The van der Waals surface area contributed by atoms with Crippen LogP contribution in [0.4, 0.5) is 10.2 Å². The van der Waals surface area contributed by atoms with E-state index in [9.17, 15) is 14.0 Å². The van der Waals surface area contributed by atoms with Gasteiger partial charge in [0.15, 0.2) is 6.61 Å². The molecule has 0 unspecified atom stereocenters. The minimum Gasteiger partial charge on any atom is -0.452 e. The summed E-state index contributed by atoms with van der Waals surface area (Å²) >= 11 is 0. The van der Waals surface area contributed by atoms with E-state index in [1.807, 2.05) is 4.68 Å². The molecule has 7 heteroatoms. The standard InChI is InChI=1S/C19H20FN3O3/c20-16-8-4-1-5-14(16)9-10-19(25)26-13-18(24)22-17-11-12-21-23(17)15-6-2-3-7-15/h1,4-5,8-12,15H,2-3,6-7,13H2,(H,22,24)/b10-9+. The van der Waals surface area contributed by atoms with Crippen molar-refractivity contribution in [2.75, 3.05) is 11.9 Å². The Kier molecular flexibility index (Phi) is 5.78. The van der Waals surface area contributed by atoms with Gasteiger partial charge < -0.3 is 10.1 Å². The maximum atomic E-state index is 13.5. The number of hydrogen-bond acceptors (Lipinski definition) is 4. The first-order valence-corrected chi connectivity index (χ1v) is 8.56. The zero-order valence-electron chi connectivity index (χ0n) is 14.2. The lowest BCUT2D eigenvalue weighted by atomic mass is 10.2. The molecule has 6 nitrogen and oxygen atoms in total. The lowest BCUT2D eigenvalue weighted by Gasteiger charge is -2.14. The number of aromatic nitrogens is 2. The van der Waals surface area contributed by atoms with Crippen LogP contribution in [0.5, 0.6) is 0 Å². The van der Waals surface area contributed by atoms with Crippen molar-refractivity contribution in [3.8, 4) is 0 Å². The van der Waals surface area contributed by atoms with Crippen LogP contribution in [0.15, 0.2) is 42.6 Å². The average molecular weight is 357 g/mol. The summed E-state index contributed by atoms with van der Waals surface area (Å²) in [6.07, 6.45) is 8.44. The topological polar surface area (TPSA) is 73.2 Å². The summed E-state index contributed by atoms with van der Waals surface area (Å²) in [4.78, 5) is 23.7. The zero-order valence-corrected chi connectivity index (χ0v) is 14.2. The predicted molar refractivity (Wildman–Crippen MR) is 94.8 cm³/mol. The van der Waals surface area contributed by atoms with E-state index in [4.69, 9.17) is 4.74 Å². The maximum Gasteiger partial charge on any atom is 0.331 e. The van der Waals surface area contributed by atoms with E-state index in [1.165, 1.54) is 18.2 Å².